The summed E-state index contributed by atoms with van der Waals surface area (Å²) in [5.74, 6) is 0. The van der Waals surface area contributed by atoms with Crippen LogP contribution in [0.3, 0.4) is 0 Å². The number of rotatable bonds is 4. The maximum absolute atomic E-state index is 12.3. The minimum absolute atomic E-state index is 0.0281. The van der Waals surface area contributed by atoms with E-state index in [0.29, 0.717) is 0 Å². The van der Waals surface area contributed by atoms with Crippen LogP contribution in [0.4, 0.5) is 24.5 Å². The van der Waals surface area contributed by atoms with Crippen molar-refractivity contribution < 1.29 is 21.6 Å². The van der Waals surface area contributed by atoms with E-state index in [2.05, 4.69) is 0 Å². The highest BCUT2D eigenvalue weighted by atomic mass is 32.2. The van der Waals surface area contributed by atoms with Crippen LogP contribution in [0.25, 0.3) is 0 Å². The maximum Gasteiger partial charge on any atom is 0.405 e. The Morgan fingerprint density at radius 3 is 2.15 bits per heavy atom. The molecule has 0 aliphatic heterocycles. The van der Waals surface area contributed by atoms with Gasteiger partial charge in [0.15, 0.2) is 0 Å². The highest BCUT2D eigenvalue weighted by Crippen LogP contribution is 2.28. The van der Waals surface area contributed by atoms with Crippen molar-refractivity contribution in [1.29, 1.82) is 0 Å². The number of hydrogen-bond acceptors (Lipinski definition) is 4. The minimum Gasteiger partial charge on any atom is -0.397 e. The van der Waals surface area contributed by atoms with Gasteiger partial charge < -0.3 is 10.6 Å². The van der Waals surface area contributed by atoms with Gasteiger partial charge in [-0.15, -0.1) is 0 Å². The Balaban J connectivity index is 3.12. The molecule has 0 bridgehead atoms. The third kappa shape index (κ3) is 3.76. The van der Waals surface area contributed by atoms with Gasteiger partial charge in [-0.1, -0.05) is 0 Å². The normalized spacial score (nSPS) is 12.8. The molecule has 0 spiro atoms. The second-order valence-electron chi connectivity index (χ2n) is 4.48. The van der Waals surface area contributed by atoms with Crippen LogP contribution < -0.4 is 10.6 Å². The molecule has 0 radical (unpaired) electrons. The van der Waals surface area contributed by atoms with E-state index in [1.54, 1.807) is 0 Å². The standard InChI is InChI=1S/C11H16F3N3O2S/c1-16(2)20(18,19)8-4-5-10(9(15)6-8)17(3)7-11(12,13)14/h4-6H,7,15H2,1-3H3. The summed E-state index contributed by atoms with van der Waals surface area (Å²) in [4.78, 5) is 0.852. The lowest BCUT2D eigenvalue weighted by atomic mass is 10.2. The molecule has 5 nitrogen and oxygen atoms in total. The van der Waals surface area contributed by atoms with Crippen molar-refractivity contribution in [2.75, 3.05) is 38.3 Å². The summed E-state index contributed by atoms with van der Waals surface area (Å²) in [5.41, 5.74) is 5.74. The van der Waals surface area contributed by atoms with Crippen LogP contribution in [0.5, 0.6) is 0 Å². The number of sulfonamides is 1. The number of alkyl halides is 3. The first-order valence-electron chi connectivity index (χ1n) is 5.55. The highest BCUT2D eigenvalue weighted by molar-refractivity contribution is 7.89. The lowest BCUT2D eigenvalue weighted by Crippen LogP contribution is -2.31. The van der Waals surface area contributed by atoms with Gasteiger partial charge in [0.2, 0.25) is 10.0 Å². The topological polar surface area (TPSA) is 66.6 Å². The zero-order valence-electron chi connectivity index (χ0n) is 11.3. The summed E-state index contributed by atoms with van der Waals surface area (Å²) in [6.07, 6.45) is -4.37. The molecule has 1 aromatic carbocycles. The number of hydrogen-bond donors (Lipinski definition) is 1. The molecule has 20 heavy (non-hydrogen) atoms. The van der Waals surface area contributed by atoms with Crippen LogP contribution in [0.1, 0.15) is 0 Å². The Morgan fingerprint density at radius 2 is 1.75 bits per heavy atom. The lowest BCUT2D eigenvalue weighted by molar-refractivity contribution is -0.119. The van der Waals surface area contributed by atoms with E-state index in [1.807, 2.05) is 0 Å². The van der Waals surface area contributed by atoms with Crippen LogP contribution in [-0.4, -0.2) is 46.6 Å². The molecule has 2 N–H and O–H groups in total. The predicted octanol–water partition coefficient (Wildman–Crippen LogP) is 1.52. The molecule has 0 atom stereocenters. The molecule has 0 unspecified atom stereocenters. The summed E-state index contributed by atoms with van der Waals surface area (Å²) in [5, 5.41) is 0. The highest BCUT2D eigenvalue weighted by Gasteiger charge is 2.30. The van der Waals surface area contributed by atoms with Gasteiger partial charge in [-0.25, -0.2) is 12.7 Å². The van der Waals surface area contributed by atoms with Crippen LogP contribution in [0, 0.1) is 0 Å². The predicted molar refractivity (Wildman–Crippen MR) is 71.1 cm³/mol. The maximum atomic E-state index is 12.3. The third-order valence-corrected chi connectivity index (χ3v) is 4.42. The van der Waals surface area contributed by atoms with Crippen LogP contribution in [0.15, 0.2) is 23.1 Å². The largest absolute Gasteiger partial charge is 0.405 e. The number of anilines is 2. The fraction of sp³-hybridized carbons (Fsp3) is 0.455. The number of nitrogen functional groups attached to an aromatic ring is 1. The summed E-state index contributed by atoms with van der Waals surface area (Å²) in [6, 6.07) is 3.64. The molecule has 114 valence electrons. The average Bonchev–Trinajstić information content (AvgIpc) is 2.25. The molecule has 0 saturated carbocycles. The second-order valence-corrected chi connectivity index (χ2v) is 6.63. The van der Waals surface area contributed by atoms with Crippen molar-refractivity contribution in [2.45, 2.75) is 11.1 Å². The van der Waals surface area contributed by atoms with E-state index in [9.17, 15) is 21.6 Å². The third-order valence-electron chi connectivity index (χ3n) is 2.61. The SMILES string of the molecule is CN(CC(F)(F)F)c1ccc(S(=O)(=O)N(C)C)cc1N. The minimum atomic E-state index is -4.37. The monoisotopic (exact) mass is 311 g/mol. The van der Waals surface area contributed by atoms with Gasteiger partial charge in [0.1, 0.15) is 6.54 Å². The van der Waals surface area contributed by atoms with Gasteiger partial charge in [-0.2, -0.15) is 13.2 Å². The van der Waals surface area contributed by atoms with Crippen molar-refractivity contribution in [2.24, 2.45) is 0 Å². The van der Waals surface area contributed by atoms with Crippen molar-refractivity contribution in [3.8, 4) is 0 Å². The number of nitrogens with zero attached hydrogens (tertiary/aromatic N) is 2. The Bertz CT molecular complexity index is 585. The molecule has 9 heteroatoms. The van der Waals surface area contributed by atoms with E-state index in [4.69, 9.17) is 5.73 Å². The fourth-order valence-corrected chi connectivity index (χ4v) is 2.54. The number of halogens is 3. The average molecular weight is 311 g/mol. The van der Waals surface area contributed by atoms with E-state index >= 15 is 0 Å². The Labute approximate surface area is 115 Å². The summed E-state index contributed by atoms with van der Waals surface area (Å²) < 4.78 is 61.7. The molecule has 0 aromatic heterocycles. The van der Waals surface area contributed by atoms with E-state index in [-0.39, 0.29) is 16.3 Å². The zero-order chi connectivity index (χ0) is 15.7. The second kappa shape index (κ2) is 5.49. The van der Waals surface area contributed by atoms with Crippen molar-refractivity contribution in [3.05, 3.63) is 18.2 Å². The van der Waals surface area contributed by atoms with Gasteiger partial charge in [0.05, 0.1) is 16.3 Å². The Kier molecular flexibility index (Phi) is 4.55. The van der Waals surface area contributed by atoms with Crippen LogP contribution >= 0.6 is 0 Å². The Hall–Kier alpha value is -1.48. The van der Waals surface area contributed by atoms with Crippen LogP contribution in [0.2, 0.25) is 0 Å². The summed E-state index contributed by atoms with van der Waals surface area (Å²) >= 11 is 0. The Morgan fingerprint density at radius 1 is 1.20 bits per heavy atom. The molecular formula is C11H16F3N3O2S. The molecular weight excluding hydrogens is 295 g/mol. The van der Waals surface area contributed by atoms with E-state index in [1.165, 1.54) is 33.3 Å². The van der Waals surface area contributed by atoms with Gasteiger partial charge in [-0.3, -0.25) is 0 Å². The van der Waals surface area contributed by atoms with Gasteiger partial charge >= 0.3 is 6.18 Å². The van der Waals surface area contributed by atoms with Crippen molar-refractivity contribution in [1.82, 2.24) is 4.31 Å². The number of benzene rings is 1. The molecule has 0 fully saturated rings. The smallest absolute Gasteiger partial charge is 0.397 e. The first-order valence-corrected chi connectivity index (χ1v) is 6.99. The molecule has 0 aliphatic rings. The van der Waals surface area contributed by atoms with Gasteiger partial charge in [0, 0.05) is 21.1 Å². The zero-order valence-corrected chi connectivity index (χ0v) is 12.1. The summed E-state index contributed by atoms with van der Waals surface area (Å²) in [6.45, 7) is -1.17. The van der Waals surface area contributed by atoms with Crippen LogP contribution in [-0.2, 0) is 10.0 Å². The first-order chi connectivity index (χ1) is 8.95. The first kappa shape index (κ1) is 16.6. The fourth-order valence-electron chi connectivity index (χ4n) is 1.61. The molecule has 0 heterocycles. The molecule has 0 amide bonds. The molecule has 0 saturated heterocycles. The van der Waals surface area contributed by atoms with E-state index in [0.717, 1.165) is 15.3 Å². The summed E-state index contributed by atoms with van der Waals surface area (Å²) in [7, 11) is 0.284. The van der Waals surface area contributed by atoms with Gasteiger partial charge in [0.25, 0.3) is 0 Å². The van der Waals surface area contributed by atoms with Crippen molar-refractivity contribution >= 4 is 21.4 Å². The quantitative estimate of drug-likeness (QED) is 0.856. The molecule has 1 aromatic rings. The van der Waals surface area contributed by atoms with Crippen molar-refractivity contribution in [3.63, 3.8) is 0 Å². The molecule has 0 aliphatic carbocycles. The lowest BCUT2D eigenvalue weighted by Gasteiger charge is -2.23. The number of nitrogens with two attached hydrogens (primary N) is 1. The van der Waals surface area contributed by atoms with E-state index < -0.39 is 22.7 Å². The molecule has 1 rings (SSSR count). The van der Waals surface area contributed by atoms with Gasteiger partial charge in [-0.05, 0) is 18.2 Å².